The smallest absolute Gasteiger partial charge is 0.222 e. The molecule has 1 aliphatic rings. The number of anilines is 1. The van der Waals surface area contributed by atoms with Crippen LogP contribution in [0, 0.1) is 0 Å². The number of aromatic nitrogens is 2. The molecule has 1 aromatic rings. The summed E-state index contributed by atoms with van der Waals surface area (Å²) in [6.45, 7) is 1.97. The van der Waals surface area contributed by atoms with Crippen molar-refractivity contribution in [1.82, 2.24) is 14.6 Å². The molecular weight excluding hydrogens is 300 g/mol. The summed E-state index contributed by atoms with van der Waals surface area (Å²) >= 11 is 6.89. The fourth-order valence-corrected chi connectivity index (χ4v) is 2.18. The number of nitrogens with zero attached hydrogens (tertiary/aromatic N) is 4. The van der Waals surface area contributed by atoms with Crippen molar-refractivity contribution in [1.29, 1.82) is 0 Å². The van der Waals surface area contributed by atoms with E-state index in [9.17, 15) is 0 Å². The van der Waals surface area contributed by atoms with E-state index in [4.69, 9.17) is 0 Å². The second kappa shape index (κ2) is 3.25. The number of likely N-dealkylation sites (N-methyl/N-ethyl adjacent to an activating group) is 1. The molecule has 0 aromatic carbocycles. The van der Waals surface area contributed by atoms with Crippen molar-refractivity contribution in [2.45, 2.75) is 6.54 Å². The minimum Gasteiger partial charge on any atom is -0.301 e. The number of fused-ring (bicyclic) bond motifs is 1. The van der Waals surface area contributed by atoms with Gasteiger partial charge in [0.25, 0.3) is 0 Å². The van der Waals surface area contributed by atoms with E-state index < -0.39 is 0 Å². The molecule has 1 aliphatic heterocycles. The van der Waals surface area contributed by atoms with Crippen molar-refractivity contribution in [3.05, 3.63) is 9.21 Å². The van der Waals surface area contributed by atoms with Crippen molar-refractivity contribution in [3.8, 4) is 0 Å². The van der Waals surface area contributed by atoms with Gasteiger partial charge in [-0.15, -0.1) is 0 Å². The van der Waals surface area contributed by atoms with E-state index in [1.54, 1.807) is 0 Å². The van der Waals surface area contributed by atoms with Gasteiger partial charge >= 0.3 is 0 Å². The zero-order chi connectivity index (χ0) is 9.59. The summed E-state index contributed by atoms with van der Waals surface area (Å²) in [7, 11) is 4.07. The van der Waals surface area contributed by atoms with E-state index in [0.29, 0.717) is 0 Å². The van der Waals surface area contributed by atoms with E-state index in [0.717, 1.165) is 28.2 Å². The summed E-state index contributed by atoms with van der Waals surface area (Å²) in [5, 5.41) is 4.18. The molecule has 2 rings (SSSR count). The van der Waals surface area contributed by atoms with Crippen molar-refractivity contribution < 1.29 is 0 Å². The summed E-state index contributed by atoms with van der Waals surface area (Å²) < 4.78 is 4.02. The lowest BCUT2D eigenvalue weighted by molar-refractivity contribution is 0.272. The summed E-state index contributed by atoms with van der Waals surface area (Å²) in [6.07, 6.45) is 0. The molecule has 0 amide bonds. The third kappa shape index (κ3) is 1.41. The number of hydrazine groups is 1. The number of halogens is 2. The average molecular weight is 310 g/mol. The maximum Gasteiger partial charge on any atom is 0.222 e. The van der Waals surface area contributed by atoms with Crippen LogP contribution in [-0.4, -0.2) is 35.2 Å². The maximum absolute atomic E-state index is 4.40. The van der Waals surface area contributed by atoms with Crippen LogP contribution in [0.4, 0.5) is 5.95 Å². The summed E-state index contributed by atoms with van der Waals surface area (Å²) in [6, 6.07) is 0. The van der Waals surface area contributed by atoms with E-state index >= 15 is 0 Å². The standard InChI is InChI=1S/C7H10Br2N4/c1-11-3-4-13-6(9)5(8)10-7(13)12(11)2/h3-4H2,1-2H3. The van der Waals surface area contributed by atoms with Gasteiger partial charge in [0, 0.05) is 27.2 Å². The first-order valence-corrected chi connectivity index (χ1v) is 5.56. The lowest BCUT2D eigenvalue weighted by atomic mass is 10.5. The van der Waals surface area contributed by atoms with E-state index in [1.165, 1.54) is 0 Å². The number of hydrogen-bond acceptors (Lipinski definition) is 3. The molecule has 6 heteroatoms. The third-order valence-corrected chi connectivity index (χ3v) is 4.18. The van der Waals surface area contributed by atoms with Gasteiger partial charge in [-0.2, -0.15) is 0 Å². The molecule has 0 atom stereocenters. The molecule has 1 aromatic heterocycles. The number of hydrogen-bond donors (Lipinski definition) is 0. The largest absolute Gasteiger partial charge is 0.301 e. The predicted octanol–water partition coefficient (Wildman–Crippen LogP) is 1.70. The summed E-state index contributed by atoms with van der Waals surface area (Å²) in [4.78, 5) is 4.40. The minimum atomic E-state index is 0.865. The minimum absolute atomic E-state index is 0.865. The Labute approximate surface area is 93.7 Å². The second-order valence-electron chi connectivity index (χ2n) is 3.05. The highest BCUT2D eigenvalue weighted by molar-refractivity contribution is 9.13. The first-order chi connectivity index (χ1) is 6.11. The van der Waals surface area contributed by atoms with Crippen LogP contribution in [0.5, 0.6) is 0 Å². The number of rotatable bonds is 0. The Morgan fingerprint density at radius 2 is 1.92 bits per heavy atom. The lowest BCUT2D eigenvalue weighted by Gasteiger charge is -2.34. The van der Waals surface area contributed by atoms with Gasteiger partial charge in [-0.3, -0.25) is 5.01 Å². The van der Waals surface area contributed by atoms with Gasteiger partial charge in [-0.1, -0.05) is 0 Å². The molecule has 13 heavy (non-hydrogen) atoms. The van der Waals surface area contributed by atoms with Gasteiger partial charge in [0.15, 0.2) is 0 Å². The van der Waals surface area contributed by atoms with Gasteiger partial charge < -0.3 is 4.57 Å². The Bertz CT molecular complexity index is 335. The van der Waals surface area contributed by atoms with Gasteiger partial charge in [0.05, 0.1) is 0 Å². The van der Waals surface area contributed by atoms with Crippen LogP contribution in [0.2, 0.25) is 0 Å². The number of imidazole rings is 1. The molecule has 0 fully saturated rings. The van der Waals surface area contributed by atoms with Crippen molar-refractivity contribution in [2.24, 2.45) is 0 Å². The molecule has 0 N–H and O–H groups in total. The maximum atomic E-state index is 4.40. The highest BCUT2D eigenvalue weighted by Gasteiger charge is 2.23. The first kappa shape index (κ1) is 9.48. The first-order valence-electron chi connectivity index (χ1n) is 3.97. The van der Waals surface area contributed by atoms with E-state index in [1.807, 2.05) is 12.1 Å². The Balaban J connectivity index is 2.49. The zero-order valence-corrected chi connectivity index (χ0v) is 10.6. The molecular formula is C7H10Br2N4. The molecule has 4 nitrogen and oxygen atoms in total. The van der Waals surface area contributed by atoms with Gasteiger partial charge in [0.1, 0.15) is 9.21 Å². The van der Waals surface area contributed by atoms with Crippen LogP contribution in [0.15, 0.2) is 9.21 Å². The van der Waals surface area contributed by atoms with Crippen LogP contribution in [-0.2, 0) is 6.54 Å². The summed E-state index contributed by atoms with van der Waals surface area (Å²) in [5.41, 5.74) is 0. The van der Waals surface area contributed by atoms with Gasteiger partial charge in [0.2, 0.25) is 5.95 Å². The van der Waals surface area contributed by atoms with Crippen LogP contribution in [0.1, 0.15) is 0 Å². The Hall–Kier alpha value is -0.0700. The molecule has 0 unspecified atom stereocenters. The molecule has 0 radical (unpaired) electrons. The SMILES string of the molecule is CN1CCn2c(nc(Br)c2Br)N1C. The fraction of sp³-hybridized carbons (Fsp3) is 0.571. The van der Waals surface area contributed by atoms with Crippen LogP contribution < -0.4 is 5.01 Å². The molecule has 72 valence electrons. The Morgan fingerprint density at radius 1 is 1.23 bits per heavy atom. The highest BCUT2D eigenvalue weighted by Crippen LogP contribution is 2.30. The fourth-order valence-electron chi connectivity index (χ4n) is 1.39. The molecule has 0 saturated carbocycles. The molecule has 0 aliphatic carbocycles. The van der Waals surface area contributed by atoms with Crippen LogP contribution in [0.3, 0.4) is 0 Å². The molecule has 0 saturated heterocycles. The highest BCUT2D eigenvalue weighted by atomic mass is 79.9. The van der Waals surface area contributed by atoms with Gasteiger partial charge in [-0.05, 0) is 31.9 Å². The Morgan fingerprint density at radius 3 is 2.62 bits per heavy atom. The van der Waals surface area contributed by atoms with Crippen molar-refractivity contribution in [2.75, 3.05) is 25.6 Å². The van der Waals surface area contributed by atoms with E-state index in [-0.39, 0.29) is 0 Å². The summed E-state index contributed by atoms with van der Waals surface area (Å²) in [5.74, 6) is 0.965. The zero-order valence-electron chi connectivity index (χ0n) is 7.46. The third-order valence-electron chi connectivity index (χ3n) is 2.30. The topological polar surface area (TPSA) is 24.3 Å². The molecule has 0 bridgehead atoms. The van der Waals surface area contributed by atoms with Crippen LogP contribution in [0.25, 0.3) is 0 Å². The molecule has 2 heterocycles. The monoisotopic (exact) mass is 308 g/mol. The van der Waals surface area contributed by atoms with Crippen LogP contribution >= 0.6 is 31.9 Å². The van der Waals surface area contributed by atoms with E-state index in [2.05, 4.69) is 53.5 Å². The van der Waals surface area contributed by atoms with Crippen molar-refractivity contribution >= 4 is 37.8 Å². The van der Waals surface area contributed by atoms with Gasteiger partial charge in [-0.25, -0.2) is 9.99 Å². The second-order valence-corrected chi connectivity index (χ2v) is 4.55. The quantitative estimate of drug-likeness (QED) is 0.729. The Kier molecular flexibility index (Phi) is 2.37. The lowest BCUT2D eigenvalue weighted by Crippen LogP contribution is -2.44. The predicted molar refractivity (Wildman–Crippen MR) is 58.7 cm³/mol. The average Bonchev–Trinajstić information content (AvgIpc) is 2.38. The molecule has 0 spiro atoms. The van der Waals surface area contributed by atoms with Crippen molar-refractivity contribution in [3.63, 3.8) is 0 Å². The normalized spacial score (nSPS) is 17.7.